The van der Waals surface area contributed by atoms with Gasteiger partial charge in [0.2, 0.25) is 5.78 Å². The van der Waals surface area contributed by atoms with Crippen molar-refractivity contribution in [2.75, 3.05) is 7.11 Å². The lowest BCUT2D eigenvalue weighted by molar-refractivity contribution is 0.105. The third kappa shape index (κ3) is 4.49. The highest BCUT2D eigenvalue weighted by Crippen LogP contribution is 2.17. The zero-order chi connectivity index (χ0) is 13.6. The first-order valence-corrected chi connectivity index (χ1v) is 9.14. The molecule has 0 saturated heterocycles. The monoisotopic (exact) mass is 256 g/mol. The largest absolute Gasteiger partial charge is 0.496 e. The highest BCUT2D eigenvalue weighted by Gasteiger charge is 2.08. The van der Waals surface area contributed by atoms with Gasteiger partial charge in [-0.05, 0) is 29.9 Å². The van der Waals surface area contributed by atoms with E-state index < -0.39 is 8.07 Å². The highest BCUT2D eigenvalue weighted by molar-refractivity contribution is 6.83. The van der Waals surface area contributed by atoms with Crippen LogP contribution in [0.5, 0.6) is 5.75 Å². The van der Waals surface area contributed by atoms with Crippen molar-refractivity contribution in [2.45, 2.75) is 19.6 Å². The summed E-state index contributed by atoms with van der Waals surface area (Å²) in [5, 5.41) is 0. The lowest BCUT2D eigenvalue weighted by Gasteiger charge is -2.02. The van der Waals surface area contributed by atoms with E-state index in [2.05, 4.69) is 42.9 Å². The quantitative estimate of drug-likeness (QED) is 0.352. The van der Waals surface area contributed by atoms with Crippen molar-refractivity contribution in [3.8, 4) is 29.1 Å². The van der Waals surface area contributed by atoms with Crippen LogP contribution in [0.25, 0.3) is 0 Å². The highest BCUT2D eigenvalue weighted by atomic mass is 28.3. The number of ketones is 1. The number of para-hydroxylation sites is 1. The smallest absolute Gasteiger partial charge is 0.240 e. The van der Waals surface area contributed by atoms with Crippen LogP contribution in [0.15, 0.2) is 24.3 Å². The molecule has 0 atom stereocenters. The first-order chi connectivity index (χ1) is 8.44. The molecule has 0 spiro atoms. The minimum atomic E-state index is -1.43. The predicted octanol–water partition coefficient (Wildman–Crippen LogP) is 2.76. The molecule has 0 saturated carbocycles. The van der Waals surface area contributed by atoms with Crippen LogP contribution < -0.4 is 4.74 Å². The Morgan fingerprint density at radius 2 is 1.83 bits per heavy atom. The number of hydrogen-bond acceptors (Lipinski definition) is 2. The van der Waals surface area contributed by atoms with Crippen LogP contribution in [0.3, 0.4) is 0 Å². The van der Waals surface area contributed by atoms with E-state index in [0.29, 0.717) is 11.3 Å². The molecular formula is C15H16O2Si. The molecule has 92 valence electrons. The molecule has 1 rings (SSSR count). The first-order valence-electron chi connectivity index (χ1n) is 5.64. The summed E-state index contributed by atoms with van der Waals surface area (Å²) in [6, 6.07) is 7.03. The van der Waals surface area contributed by atoms with Crippen LogP contribution in [-0.4, -0.2) is 21.0 Å². The van der Waals surface area contributed by atoms with Gasteiger partial charge in [-0.1, -0.05) is 31.8 Å². The molecule has 18 heavy (non-hydrogen) atoms. The summed E-state index contributed by atoms with van der Waals surface area (Å²) in [6.45, 7) is 6.39. The van der Waals surface area contributed by atoms with E-state index in [1.807, 2.05) is 6.07 Å². The van der Waals surface area contributed by atoms with Gasteiger partial charge < -0.3 is 4.74 Å². The van der Waals surface area contributed by atoms with Gasteiger partial charge in [0.05, 0.1) is 12.7 Å². The summed E-state index contributed by atoms with van der Waals surface area (Å²) < 4.78 is 5.11. The normalized spacial score (nSPS) is 9.56. The molecule has 0 amide bonds. The topological polar surface area (TPSA) is 26.3 Å². The van der Waals surface area contributed by atoms with Crippen LogP contribution >= 0.6 is 0 Å². The van der Waals surface area contributed by atoms with Gasteiger partial charge in [0.15, 0.2) is 0 Å². The molecule has 1 aromatic rings. The Balaban J connectivity index is 2.89. The van der Waals surface area contributed by atoms with Gasteiger partial charge in [0, 0.05) is 0 Å². The summed E-state index contributed by atoms with van der Waals surface area (Å²) in [5.41, 5.74) is 3.56. The fraction of sp³-hybridized carbons (Fsp3) is 0.267. The van der Waals surface area contributed by atoms with Gasteiger partial charge >= 0.3 is 0 Å². The van der Waals surface area contributed by atoms with E-state index in [1.54, 1.807) is 18.2 Å². The summed E-state index contributed by atoms with van der Waals surface area (Å²) >= 11 is 0. The second kappa shape index (κ2) is 6.09. The number of hydrogen-bond donors (Lipinski definition) is 0. The van der Waals surface area contributed by atoms with Gasteiger partial charge in [0.25, 0.3) is 0 Å². The average molecular weight is 256 g/mol. The summed E-state index contributed by atoms with van der Waals surface area (Å²) in [4.78, 5) is 11.8. The van der Waals surface area contributed by atoms with Crippen LogP contribution in [0.1, 0.15) is 10.4 Å². The number of rotatable bonds is 2. The Bertz CT molecular complexity index is 560. The molecule has 2 nitrogen and oxygen atoms in total. The fourth-order valence-corrected chi connectivity index (χ4v) is 1.64. The number of benzene rings is 1. The van der Waals surface area contributed by atoms with Gasteiger partial charge in [-0.2, -0.15) is 0 Å². The number of carbonyl (C=O) groups excluding carboxylic acids is 1. The minimum Gasteiger partial charge on any atom is -0.496 e. The number of methoxy groups -OCH3 is 1. The second-order valence-corrected chi connectivity index (χ2v) is 9.53. The second-order valence-electron chi connectivity index (χ2n) is 4.78. The van der Waals surface area contributed by atoms with E-state index in [0.717, 1.165) is 0 Å². The van der Waals surface area contributed by atoms with Crippen molar-refractivity contribution in [3.05, 3.63) is 29.8 Å². The summed E-state index contributed by atoms with van der Waals surface area (Å²) in [7, 11) is 0.106. The van der Waals surface area contributed by atoms with Crippen molar-refractivity contribution < 1.29 is 9.53 Å². The Hall–Kier alpha value is -1.97. The van der Waals surface area contributed by atoms with Crippen LogP contribution in [0, 0.1) is 23.3 Å². The summed E-state index contributed by atoms with van der Waals surface area (Å²) in [6.07, 6.45) is 0. The third-order valence-electron chi connectivity index (χ3n) is 2.03. The zero-order valence-electron chi connectivity index (χ0n) is 11.1. The number of ether oxygens (including phenoxy) is 1. The molecule has 0 unspecified atom stereocenters. The van der Waals surface area contributed by atoms with Crippen molar-refractivity contribution in [2.24, 2.45) is 0 Å². The molecule has 3 heteroatoms. The summed E-state index contributed by atoms with van der Waals surface area (Å²) in [5.74, 6) is 8.16. The minimum absolute atomic E-state index is 0.266. The molecule has 0 fully saturated rings. The van der Waals surface area contributed by atoms with Crippen LogP contribution in [0.2, 0.25) is 19.6 Å². The third-order valence-corrected chi connectivity index (χ3v) is 2.90. The molecule has 0 aliphatic rings. The van der Waals surface area contributed by atoms with Crippen molar-refractivity contribution in [1.29, 1.82) is 0 Å². The molecular weight excluding hydrogens is 240 g/mol. The maximum absolute atomic E-state index is 11.8. The van der Waals surface area contributed by atoms with Crippen molar-refractivity contribution >= 4 is 13.9 Å². The van der Waals surface area contributed by atoms with E-state index in [1.165, 1.54) is 7.11 Å². The Morgan fingerprint density at radius 1 is 1.17 bits per heavy atom. The predicted molar refractivity (Wildman–Crippen MR) is 76.2 cm³/mol. The van der Waals surface area contributed by atoms with Gasteiger partial charge in [0.1, 0.15) is 13.8 Å². The standard InChI is InChI=1S/C15H16O2Si/c1-17-15-11-6-5-9-13(15)14(16)10-7-8-12-18(2,3)4/h5-6,9,11H,1-4H3. The molecule has 1 aromatic carbocycles. The molecule has 0 aromatic heterocycles. The SMILES string of the molecule is COc1ccccc1C(=O)C#CC#C[Si](C)(C)C. The van der Waals surface area contributed by atoms with E-state index >= 15 is 0 Å². The van der Waals surface area contributed by atoms with Crippen LogP contribution in [0.4, 0.5) is 0 Å². The Kier molecular flexibility index (Phi) is 4.77. The Labute approximate surface area is 109 Å². The molecule has 0 bridgehead atoms. The van der Waals surface area contributed by atoms with Crippen molar-refractivity contribution in [1.82, 2.24) is 0 Å². The fourth-order valence-electron chi connectivity index (χ4n) is 1.21. The van der Waals surface area contributed by atoms with Gasteiger partial charge in [-0.3, -0.25) is 4.79 Å². The number of Topliss-reactive ketones (excluding diaryl/α,β-unsaturated/α-hetero) is 1. The lowest BCUT2D eigenvalue weighted by atomic mass is 10.1. The van der Waals surface area contributed by atoms with E-state index in [9.17, 15) is 4.79 Å². The molecule has 0 heterocycles. The van der Waals surface area contributed by atoms with Crippen molar-refractivity contribution in [3.63, 3.8) is 0 Å². The zero-order valence-corrected chi connectivity index (χ0v) is 12.1. The van der Waals surface area contributed by atoms with E-state index in [4.69, 9.17) is 4.74 Å². The molecule has 0 aliphatic heterocycles. The first kappa shape index (κ1) is 14.1. The lowest BCUT2D eigenvalue weighted by Crippen LogP contribution is -2.16. The average Bonchev–Trinajstić information content (AvgIpc) is 2.33. The molecule has 0 aliphatic carbocycles. The van der Waals surface area contributed by atoms with Crippen LogP contribution in [-0.2, 0) is 0 Å². The Morgan fingerprint density at radius 3 is 2.44 bits per heavy atom. The molecule has 0 N–H and O–H groups in total. The van der Waals surface area contributed by atoms with Gasteiger partial charge in [-0.25, -0.2) is 0 Å². The molecule has 0 radical (unpaired) electrons. The maximum atomic E-state index is 11.8. The van der Waals surface area contributed by atoms with E-state index in [-0.39, 0.29) is 5.78 Å². The maximum Gasteiger partial charge on any atom is 0.240 e. The van der Waals surface area contributed by atoms with Gasteiger partial charge in [-0.15, -0.1) is 5.54 Å². The number of carbonyl (C=O) groups is 1.